The van der Waals surface area contributed by atoms with E-state index in [2.05, 4.69) is 39.6 Å². The summed E-state index contributed by atoms with van der Waals surface area (Å²) in [5.74, 6) is 0. The average Bonchev–Trinajstić information content (AvgIpc) is 3.32. The Balaban J connectivity index is 1.58. The van der Waals surface area contributed by atoms with Crippen molar-refractivity contribution in [2.75, 3.05) is 0 Å². The van der Waals surface area contributed by atoms with E-state index in [0.29, 0.717) is 0 Å². The Hall–Kier alpha value is -2.93. The van der Waals surface area contributed by atoms with E-state index in [-0.39, 0.29) is 5.25 Å². The SMILES string of the molecule is CC(Sc1nncn1C)c1cccc(-n2cc(-c3ccccc3)nn2)c1. The predicted octanol–water partition coefficient (Wildman–Crippen LogP) is 3.92. The van der Waals surface area contributed by atoms with Crippen molar-refractivity contribution in [1.29, 1.82) is 0 Å². The Morgan fingerprint density at radius 3 is 2.62 bits per heavy atom. The number of aromatic nitrogens is 6. The Bertz CT molecular complexity index is 1010. The number of hydrogen-bond acceptors (Lipinski definition) is 5. The number of hydrogen-bond donors (Lipinski definition) is 0. The minimum Gasteiger partial charge on any atom is -0.312 e. The highest BCUT2D eigenvalue weighted by Crippen LogP contribution is 2.33. The average molecular weight is 362 g/mol. The Morgan fingerprint density at radius 1 is 1.00 bits per heavy atom. The summed E-state index contributed by atoms with van der Waals surface area (Å²) < 4.78 is 3.74. The maximum atomic E-state index is 4.30. The number of rotatable bonds is 5. The first-order valence-electron chi connectivity index (χ1n) is 8.29. The largest absolute Gasteiger partial charge is 0.312 e. The maximum absolute atomic E-state index is 4.30. The highest BCUT2D eigenvalue weighted by Gasteiger charge is 2.13. The molecule has 4 rings (SSSR count). The van der Waals surface area contributed by atoms with Gasteiger partial charge in [-0.05, 0) is 24.6 Å². The summed E-state index contributed by atoms with van der Waals surface area (Å²) in [5.41, 5.74) is 4.11. The molecule has 1 unspecified atom stereocenters. The van der Waals surface area contributed by atoms with E-state index in [9.17, 15) is 0 Å². The van der Waals surface area contributed by atoms with Crippen LogP contribution in [0.4, 0.5) is 0 Å². The molecule has 2 heterocycles. The van der Waals surface area contributed by atoms with Crippen molar-refractivity contribution in [1.82, 2.24) is 29.8 Å². The third-order valence-electron chi connectivity index (χ3n) is 4.12. The fraction of sp³-hybridized carbons (Fsp3) is 0.158. The van der Waals surface area contributed by atoms with Gasteiger partial charge >= 0.3 is 0 Å². The Labute approximate surface area is 155 Å². The molecule has 26 heavy (non-hydrogen) atoms. The van der Waals surface area contributed by atoms with Crippen LogP contribution in [0.15, 0.2) is 72.3 Å². The van der Waals surface area contributed by atoms with Crippen molar-refractivity contribution < 1.29 is 0 Å². The van der Waals surface area contributed by atoms with Gasteiger partial charge in [0.15, 0.2) is 5.16 Å². The molecule has 0 saturated heterocycles. The summed E-state index contributed by atoms with van der Waals surface area (Å²) in [5, 5.41) is 17.8. The van der Waals surface area contributed by atoms with E-state index < -0.39 is 0 Å². The highest BCUT2D eigenvalue weighted by atomic mass is 32.2. The van der Waals surface area contributed by atoms with Gasteiger partial charge in [0.25, 0.3) is 0 Å². The summed E-state index contributed by atoms with van der Waals surface area (Å²) in [7, 11) is 1.95. The molecule has 0 N–H and O–H groups in total. The second-order valence-electron chi connectivity index (χ2n) is 5.99. The molecule has 130 valence electrons. The monoisotopic (exact) mass is 362 g/mol. The van der Waals surface area contributed by atoms with Crippen LogP contribution in [-0.4, -0.2) is 29.8 Å². The van der Waals surface area contributed by atoms with Crippen molar-refractivity contribution in [2.45, 2.75) is 17.3 Å². The minimum atomic E-state index is 0.245. The molecule has 6 nitrogen and oxygen atoms in total. The van der Waals surface area contributed by atoms with E-state index >= 15 is 0 Å². The van der Waals surface area contributed by atoms with Crippen molar-refractivity contribution in [2.24, 2.45) is 7.05 Å². The quantitative estimate of drug-likeness (QED) is 0.504. The van der Waals surface area contributed by atoms with Gasteiger partial charge in [0.2, 0.25) is 0 Å². The van der Waals surface area contributed by atoms with Crippen LogP contribution < -0.4 is 0 Å². The molecule has 0 aliphatic carbocycles. The molecule has 2 aromatic heterocycles. The van der Waals surface area contributed by atoms with Gasteiger partial charge in [-0.15, -0.1) is 15.3 Å². The molecule has 0 aliphatic rings. The van der Waals surface area contributed by atoms with Gasteiger partial charge in [-0.1, -0.05) is 59.4 Å². The first-order valence-corrected chi connectivity index (χ1v) is 9.17. The lowest BCUT2D eigenvalue weighted by molar-refractivity contribution is 0.784. The fourth-order valence-corrected chi connectivity index (χ4v) is 3.56. The molecule has 0 amide bonds. The summed E-state index contributed by atoms with van der Waals surface area (Å²) >= 11 is 1.68. The van der Waals surface area contributed by atoms with Gasteiger partial charge in [-0.2, -0.15) is 0 Å². The first kappa shape index (κ1) is 16.5. The maximum Gasteiger partial charge on any atom is 0.191 e. The van der Waals surface area contributed by atoms with Crippen molar-refractivity contribution in [3.8, 4) is 16.9 Å². The van der Waals surface area contributed by atoms with Crippen LogP contribution >= 0.6 is 11.8 Å². The topological polar surface area (TPSA) is 61.4 Å². The van der Waals surface area contributed by atoms with Gasteiger partial charge in [-0.25, -0.2) is 4.68 Å². The molecular formula is C19H18N6S. The predicted molar refractivity (Wildman–Crippen MR) is 102 cm³/mol. The summed E-state index contributed by atoms with van der Waals surface area (Å²) in [6.45, 7) is 2.16. The van der Waals surface area contributed by atoms with E-state index in [1.807, 2.05) is 65.0 Å². The lowest BCUT2D eigenvalue weighted by Crippen LogP contribution is -1.98. The summed E-state index contributed by atoms with van der Waals surface area (Å²) in [4.78, 5) is 0. The Kier molecular flexibility index (Phi) is 4.53. The van der Waals surface area contributed by atoms with Gasteiger partial charge in [-0.3, -0.25) is 0 Å². The smallest absolute Gasteiger partial charge is 0.191 e. The molecule has 0 fully saturated rings. The molecule has 0 saturated carbocycles. The van der Waals surface area contributed by atoms with Crippen LogP contribution in [0.3, 0.4) is 0 Å². The molecule has 0 radical (unpaired) electrons. The van der Waals surface area contributed by atoms with E-state index in [4.69, 9.17) is 0 Å². The zero-order valence-electron chi connectivity index (χ0n) is 14.5. The number of thioether (sulfide) groups is 1. The molecule has 2 aromatic carbocycles. The van der Waals surface area contributed by atoms with Crippen molar-refractivity contribution in [3.05, 3.63) is 72.7 Å². The summed E-state index contributed by atoms with van der Waals surface area (Å²) in [6.07, 6.45) is 3.67. The number of benzene rings is 2. The number of aryl methyl sites for hydroxylation is 1. The van der Waals surface area contributed by atoms with E-state index in [1.165, 1.54) is 5.56 Å². The van der Waals surface area contributed by atoms with Gasteiger partial charge in [0.1, 0.15) is 12.0 Å². The Morgan fingerprint density at radius 2 is 1.85 bits per heavy atom. The van der Waals surface area contributed by atoms with Gasteiger partial charge in [0, 0.05) is 17.9 Å². The normalized spacial score (nSPS) is 12.2. The zero-order valence-corrected chi connectivity index (χ0v) is 15.3. The van der Waals surface area contributed by atoms with Crippen molar-refractivity contribution in [3.63, 3.8) is 0 Å². The van der Waals surface area contributed by atoms with Crippen LogP contribution in [0.1, 0.15) is 17.7 Å². The highest BCUT2D eigenvalue weighted by molar-refractivity contribution is 7.99. The van der Waals surface area contributed by atoms with Gasteiger partial charge < -0.3 is 4.57 Å². The molecular weight excluding hydrogens is 344 g/mol. The second kappa shape index (κ2) is 7.13. The molecule has 1 atom stereocenters. The van der Waals surface area contributed by atoms with E-state index in [1.54, 1.807) is 18.1 Å². The van der Waals surface area contributed by atoms with E-state index in [0.717, 1.165) is 22.1 Å². The van der Waals surface area contributed by atoms with Crippen LogP contribution in [0, 0.1) is 0 Å². The van der Waals surface area contributed by atoms with Crippen LogP contribution in [0.5, 0.6) is 0 Å². The molecule has 0 aliphatic heterocycles. The third kappa shape index (κ3) is 3.39. The molecule has 0 bridgehead atoms. The van der Waals surface area contributed by atoms with Crippen LogP contribution in [0.25, 0.3) is 16.9 Å². The van der Waals surface area contributed by atoms with Crippen LogP contribution in [-0.2, 0) is 7.05 Å². The molecule has 0 spiro atoms. The minimum absolute atomic E-state index is 0.245. The lowest BCUT2D eigenvalue weighted by atomic mass is 10.1. The van der Waals surface area contributed by atoms with Gasteiger partial charge in [0.05, 0.1) is 11.9 Å². The van der Waals surface area contributed by atoms with Crippen LogP contribution in [0.2, 0.25) is 0 Å². The molecule has 4 aromatic rings. The third-order valence-corrected chi connectivity index (χ3v) is 5.33. The zero-order chi connectivity index (χ0) is 17.9. The number of nitrogens with zero attached hydrogens (tertiary/aromatic N) is 6. The second-order valence-corrected chi connectivity index (χ2v) is 7.30. The fourth-order valence-electron chi connectivity index (χ4n) is 2.66. The lowest BCUT2D eigenvalue weighted by Gasteiger charge is -2.12. The molecule has 7 heteroatoms. The first-order chi connectivity index (χ1) is 12.7. The standard InChI is InChI=1S/C19H18N6S/c1-14(26-19-22-20-13-24(19)2)16-9-6-10-17(11-16)25-12-18(21-23-25)15-7-4-3-5-8-15/h3-14H,1-2H3. The van der Waals surface area contributed by atoms with Crippen molar-refractivity contribution >= 4 is 11.8 Å². The summed E-state index contributed by atoms with van der Waals surface area (Å²) in [6, 6.07) is 18.4.